The zero-order valence-electron chi connectivity index (χ0n) is 10.9. The predicted octanol–water partition coefficient (Wildman–Crippen LogP) is 0.303. The van der Waals surface area contributed by atoms with Crippen molar-refractivity contribution in [1.29, 1.82) is 0 Å². The molecule has 0 radical (unpaired) electrons. The largest absolute Gasteiger partial charge is 0.367 e. The number of nitrogens with one attached hydrogen (secondary N) is 2. The lowest BCUT2D eigenvalue weighted by Gasteiger charge is -2.30. The van der Waals surface area contributed by atoms with Crippen LogP contribution in [-0.2, 0) is 21.4 Å². The highest BCUT2D eigenvalue weighted by Crippen LogP contribution is 2.18. The lowest BCUT2D eigenvalue weighted by atomic mass is 9.99. The van der Waals surface area contributed by atoms with Crippen molar-refractivity contribution in [3.63, 3.8) is 0 Å². The van der Waals surface area contributed by atoms with Gasteiger partial charge in [-0.2, -0.15) is 0 Å². The first-order chi connectivity index (χ1) is 8.97. The van der Waals surface area contributed by atoms with Gasteiger partial charge in [0.15, 0.2) is 0 Å². The molecule has 1 aromatic rings. The minimum absolute atomic E-state index is 0.0745. The lowest BCUT2D eigenvalue weighted by Crippen LogP contribution is -2.44. The van der Waals surface area contributed by atoms with Crippen LogP contribution in [0.15, 0.2) is 18.5 Å². The topological polar surface area (TPSA) is 82.3 Å². The summed E-state index contributed by atoms with van der Waals surface area (Å²) in [6, 6.07) is 1.89. The Bertz CT molecular complexity index is 524. The minimum atomic E-state index is -3.20. The zero-order chi connectivity index (χ0) is 13.9. The van der Waals surface area contributed by atoms with Crippen LogP contribution in [0.4, 0.5) is 0 Å². The van der Waals surface area contributed by atoms with E-state index in [0.717, 1.165) is 18.4 Å². The number of rotatable bonds is 4. The van der Waals surface area contributed by atoms with Gasteiger partial charge in [0.2, 0.25) is 15.9 Å². The molecule has 6 nitrogen and oxygen atoms in total. The van der Waals surface area contributed by atoms with E-state index in [4.69, 9.17) is 0 Å². The van der Waals surface area contributed by atoms with Crippen LogP contribution in [0.2, 0.25) is 0 Å². The van der Waals surface area contributed by atoms with Crippen molar-refractivity contribution in [2.75, 3.05) is 19.3 Å². The first-order valence-corrected chi connectivity index (χ1v) is 8.16. The summed E-state index contributed by atoms with van der Waals surface area (Å²) in [5.41, 5.74) is 1.00. The third-order valence-electron chi connectivity index (χ3n) is 3.35. The van der Waals surface area contributed by atoms with Crippen molar-refractivity contribution in [2.24, 2.45) is 5.92 Å². The molecule has 1 aliphatic rings. The molecule has 1 atom stereocenters. The Kier molecular flexibility index (Phi) is 4.26. The van der Waals surface area contributed by atoms with Crippen LogP contribution >= 0.6 is 0 Å². The molecule has 7 heteroatoms. The van der Waals surface area contributed by atoms with Gasteiger partial charge in [-0.15, -0.1) is 0 Å². The number of H-pyrrole nitrogens is 1. The van der Waals surface area contributed by atoms with Crippen molar-refractivity contribution < 1.29 is 13.2 Å². The molecule has 19 heavy (non-hydrogen) atoms. The highest BCUT2D eigenvalue weighted by atomic mass is 32.2. The molecule has 0 aromatic carbocycles. The summed E-state index contributed by atoms with van der Waals surface area (Å²) in [7, 11) is -3.20. The Morgan fingerprint density at radius 1 is 1.58 bits per heavy atom. The third kappa shape index (κ3) is 3.81. The average molecular weight is 285 g/mol. The lowest BCUT2D eigenvalue weighted by molar-refractivity contribution is -0.126. The molecule has 1 saturated heterocycles. The number of aromatic nitrogens is 1. The second-order valence-corrected chi connectivity index (χ2v) is 6.88. The average Bonchev–Trinajstić information content (AvgIpc) is 2.88. The number of nitrogens with zero attached hydrogens (tertiary/aromatic N) is 1. The molecule has 1 aromatic heterocycles. The van der Waals surface area contributed by atoms with Crippen molar-refractivity contribution in [2.45, 2.75) is 19.4 Å². The fourth-order valence-electron chi connectivity index (χ4n) is 2.26. The van der Waals surface area contributed by atoms with Gasteiger partial charge in [0, 0.05) is 32.0 Å². The second kappa shape index (κ2) is 5.75. The summed E-state index contributed by atoms with van der Waals surface area (Å²) >= 11 is 0. The molecule has 1 amide bonds. The molecule has 0 aliphatic carbocycles. The fraction of sp³-hybridized carbons (Fsp3) is 0.583. The van der Waals surface area contributed by atoms with E-state index < -0.39 is 10.0 Å². The monoisotopic (exact) mass is 285 g/mol. The Morgan fingerprint density at radius 2 is 2.37 bits per heavy atom. The quantitative estimate of drug-likeness (QED) is 0.835. The van der Waals surface area contributed by atoms with Gasteiger partial charge in [0.25, 0.3) is 0 Å². The second-order valence-electron chi connectivity index (χ2n) is 4.90. The molecule has 0 saturated carbocycles. The summed E-state index contributed by atoms with van der Waals surface area (Å²) in [6.07, 6.45) is 6.28. The zero-order valence-corrected chi connectivity index (χ0v) is 11.7. The maximum absolute atomic E-state index is 12.0. The Hall–Kier alpha value is -1.34. The molecule has 106 valence electrons. The van der Waals surface area contributed by atoms with Crippen molar-refractivity contribution in [3.05, 3.63) is 24.0 Å². The molecule has 0 spiro atoms. The molecular formula is C12H19N3O3S. The predicted molar refractivity (Wildman–Crippen MR) is 71.8 cm³/mol. The number of carbonyl (C=O) groups is 1. The molecule has 2 heterocycles. The third-order valence-corrected chi connectivity index (χ3v) is 4.62. The first kappa shape index (κ1) is 14.1. The van der Waals surface area contributed by atoms with Crippen LogP contribution in [-0.4, -0.2) is 43.0 Å². The van der Waals surface area contributed by atoms with Gasteiger partial charge >= 0.3 is 0 Å². The summed E-state index contributed by atoms with van der Waals surface area (Å²) in [5.74, 6) is -0.322. The van der Waals surface area contributed by atoms with Gasteiger partial charge in [0.05, 0.1) is 12.2 Å². The first-order valence-electron chi connectivity index (χ1n) is 6.31. The van der Waals surface area contributed by atoms with Crippen LogP contribution in [0, 0.1) is 5.92 Å². The van der Waals surface area contributed by atoms with E-state index in [-0.39, 0.29) is 18.4 Å². The van der Waals surface area contributed by atoms with Crippen molar-refractivity contribution >= 4 is 15.9 Å². The number of hydrogen-bond donors (Lipinski definition) is 2. The van der Waals surface area contributed by atoms with E-state index in [1.54, 1.807) is 6.20 Å². The van der Waals surface area contributed by atoms with Gasteiger partial charge < -0.3 is 10.3 Å². The van der Waals surface area contributed by atoms with E-state index >= 15 is 0 Å². The molecule has 2 rings (SSSR count). The number of piperidine rings is 1. The number of amides is 1. The van der Waals surface area contributed by atoms with E-state index in [1.807, 2.05) is 12.3 Å². The molecule has 0 bridgehead atoms. The summed E-state index contributed by atoms with van der Waals surface area (Å²) in [4.78, 5) is 14.9. The smallest absolute Gasteiger partial charge is 0.224 e. The standard InChI is InChI=1S/C12H19N3O3S/c1-19(17,18)15-6-2-3-11(9-15)12(16)14-8-10-4-5-13-7-10/h4-5,7,11,13H,2-3,6,8-9H2,1H3,(H,14,16). The summed E-state index contributed by atoms with van der Waals surface area (Å²) < 4.78 is 24.4. The van der Waals surface area contributed by atoms with Crippen LogP contribution < -0.4 is 5.32 Å². The molecule has 1 aliphatic heterocycles. The Labute approximate surface area is 113 Å². The van der Waals surface area contributed by atoms with E-state index in [9.17, 15) is 13.2 Å². The van der Waals surface area contributed by atoms with Gasteiger partial charge in [-0.05, 0) is 24.5 Å². The maximum atomic E-state index is 12.0. The van der Waals surface area contributed by atoms with Crippen LogP contribution in [0.1, 0.15) is 18.4 Å². The number of carbonyl (C=O) groups excluding carboxylic acids is 1. The summed E-state index contributed by atoms with van der Waals surface area (Å²) in [5, 5.41) is 2.85. The normalized spacial score (nSPS) is 21.2. The van der Waals surface area contributed by atoms with Gasteiger partial charge in [-0.3, -0.25) is 4.79 Å². The van der Waals surface area contributed by atoms with E-state index in [1.165, 1.54) is 10.6 Å². The maximum Gasteiger partial charge on any atom is 0.224 e. The van der Waals surface area contributed by atoms with E-state index in [2.05, 4.69) is 10.3 Å². The Morgan fingerprint density at radius 3 is 3.00 bits per heavy atom. The SMILES string of the molecule is CS(=O)(=O)N1CCCC(C(=O)NCc2cc[nH]c2)C1. The van der Waals surface area contributed by atoms with Gasteiger partial charge in [-0.1, -0.05) is 0 Å². The molecule has 1 unspecified atom stereocenters. The number of sulfonamides is 1. The van der Waals surface area contributed by atoms with Gasteiger partial charge in [-0.25, -0.2) is 12.7 Å². The highest BCUT2D eigenvalue weighted by Gasteiger charge is 2.29. The summed E-state index contributed by atoms with van der Waals surface area (Å²) in [6.45, 7) is 1.27. The van der Waals surface area contributed by atoms with E-state index in [0.29, 0.717) is 13.1 Å². The molecular weight excluding hydrogens is 266 g/mol. The minimum Gasteiger partial charge on any atom is -0.367 e. The Balaban J connectivity index is 1.88. The molecule has 1 fully saturated rings. The molecule has 2 N–H and O–H groups in total. The highest BCUT2D eigenvalue weighted by molar-refractivity contribution is 7.88. The van der Waals surface area contributed by atoms with Crippen molar-refractivity contribution in [1.82, 2.24) is 14.6 Å². The fourth-order valence-corrected chi connectivity index (χ4v) is 3.17. The number of aromatic amines is 1. The van der Waals surface area contributed by atoms with Crippen molar-refractivity contribution in [3.8, 4) is 0 Å². The van der Waals surface area contributed by atoms with Crippen LogP contribution in [0.3, 0.4) is 0 Å². The number of hydrogen-bond acceptors (Lipinski definition) is 3. The van der Waals surface area contributed by atoms with Crippen LogP contribution in [0.25, 0.3) is 0 Å². The van der Waals surface area contributed by atoms with Gasteiger partial charge in [0.1, 0.15) is 0 Å². The van der Waals surface area contributed by atoms with Crippen LogP contribution in [0.5, 0.6) is 0 Å².